The number of halogens is 1. The highest BCUT2D eigenvalue weighted by Gasteiger charge is 2.30. The minimum atomic E-state index is -0.215. The quantitative estimate of drug-likeness (QED) is 0.763. The Morgan fingerprint density at radius 2 is 1.93 bits per heavy atom. The van der Waals surface area contributed by atoms with E-state index in [9.17, 15) is 9.59 Å². The number of benzene rings is 1. The molecule has 2 N–H and O–H groups in total. The first-order chi connectivity index (χ1) is 13.0. The van der Waals surface area contributed by atoms with Gasteiger partial charge in [-0.15, -0.1) is 12.4 Å². The van der Waals surface area contributed by atoms with E-state index in [0.717, 1.165) is 36.1 Å². The molecule has 2 saturated heterocycles. The highest BCUT2D eigenvalue weighted by molar-refractivity contribution is 5.99. The molecule has 8 heteroatoms. The summed E-state index contributed by atoms with van der Waals surface area (Å²) in [7, 11) is 3.96. The number of piperidine rings is 2. The van der Waals surface area contributed by atoms with Gasteiger partial charge in [0.05, 0.1) is 11.2 Å². The fraction of sp³-hybridized carbons (Fsp3) is 0.550. The van der Waals surface area contributed by atoms with Crippen LogP contribution in [0.4, 0.5) is 5.69 Å². The van der Waals surface area contributed by atoms with E-state index < -0.39 is 0 Å². The number of rotatable bonds is 3. The van der Waals surface area contributed by atoms with Crippen LogP contribution in [0.15, 0.2) is 18.2 Å². The van der Waals surface area contributed by atoms with E-state index in [1.807, 2.05) is 18.8 Å². The van der Waals surface area contributed by atoms with E-state index in [-0.39, 0.29) is 30.1 Å². The number of nitrogens with one attached hydrogen (secondary N) is 2. The maximum atomic E-state index is 11.8. The van der Waals surface area contributed by atoms with Gasteiger partial charge in [-0.1, -0.05) is 6.92 Å². The number of nitrogens with zero attached hydrogens (tertiary/aromatic N) is 3. The molecule has 0 saturated carbocycles. The number of imide groups is 1. The zero-order valence-corrected chi connectivity index (χ0v) is 17.4. The van der Waals surface area contributed by atoms with E-state index in [2.05, 4.69) is 45.8 Å². The summed E-state index contributed by atoms with van der Waals surface area (Å²) in [6.07, 6.45) is 1.76. The van der Waals surface area contributed by atoms with Gasteiger partial charge in [-0.2, -0.15) is 5.10 Å². The molecule has 2 aliphatic rings. The van der Waals surface area contributed by atoms with Crippen LogP contribution < -0.4 is 15.5 Å². The summed E-state index contributed by atoms with van der Waals surface area (Å²) in [5.41, 5.74) is 3.10. The Hall–Kier alpha value is -2.12. The Balaban J connectivity index is 0.00000225. The third-order valence-corrected chi connectivity index (χ3v) is 6.03. The summed E-state index contributed by atoms with van der Waals surface area (Å²) in [5, 5.41) is 11.5. The van der Waals surface area contributed by atoms with Crippen LogP contribution in [0.5, 0.6) is 0 Å². The Bertz CT molecular complexity index is 880. The fourth-order valence-corrected chi connectivity index (χ4v) is 4.55. The fourth-order valence-electron chi connectivity index (χ4n) is 4.55. The lowest BCUT2D eigenvalue weighted by atomic mass is 9.91. The largest absolute Gasteiger partial charge is 0.371 e. The number of carbonyl (C=O) groups excluding carboxylic acids is 2. The van der Waals surface area contributed by atoms with Gasteiger partial charge >= 0.3 is 0 Å². The molecule has 1 aromatic carbocycles. The van der Waals surface area contributed by atoms with Crippen molar-refractivity contribution in [3.8, 4) is 0 Å². The minimum Gasteiger partial charge on any atom is -0.371 e. The van der Waals surface area contributed by atoms with E-state index in [0.29, 0.717) is 24.8 Å². The van der Waals surface area contributed by atoms with Crippen LogP contribution in [0.25, 0.3) is 10.9 Å². The highest BCUT2D eigenvalue weighted by Crippen LogP contribution is 2.34. The first kappa shape index (κ1) is 20.6. The second-order valence-corrected chi connectivity index (χ2v) is 7.89. The van der Waals surface area contributed by atoms with Crippen LogP contribution >= 0.6 is 12.4 Å². The molecule has 28 heavy (non-hydrogen) atoms. The van der Waals surface area contributed by atoms with Crippen molar-refractivity contribution in [1.82, 2.24) is 20.4 Å². The third-order valence-electron chi connectivity index (χ3n) is 6.03. The number of fused-ring (bicyclic) bond motifs is 1. The maximum absolute atomic E-state index is 11.8. The lowest BCUT2D eigenvalue weighted by Crippen LogP contribution is -2.47. The Morgan fingerprint density at radius 1 is 1.21 bits per heavy atom. The van der Waals surface area contributed by atoms with Gasteiger partial charge in [-0.3, -0.25) is 19.6 Å². The molecule has 2 fully saturated rings. The Labute approximate surface area is 171 Å². The van der Waals surface area contributed by atoms with Gasteiger partial charge in [0.2, 0.25) is 11.8 Å². The molecule has 0 radical (unpaired) electrons. The molecule has 0 unspecified atom stereocenters. The average molecular weight is 406 g/mol. The summed E-state index contributed by atoms with van der Waals surface area (Å²) < 4.78 is 1.87. The standard InChI is InChI=1S/C20H27N5O2.ClH/c1-12-11-25(7-6-16(12)21-2)14-4-5-15-17(10-14)24(3)23-20(15)13-8-18(26)22-19(27)9-13;/h4-5,10,12-13,16,21H,6-9,11H2,1-3H3,(H,22,26,27);1H/t12-,16-;/m1./s1. The first-order valence-electron chi connectivity index (χ1n) is 9.67. The van der Waals surface area contributed by atoms with Gasteiger partial charge in [0.25, 0.3) is 0 Å². The monoisotopic (exact) mass is 405 g/mol. The minimum absolute atomic E-state index is 0. The van der Waals surface area contributed by atoms with E-state index in [4.69, 9.17) is 0 Å². The Morgan fingerprint density at radius 3 is 2.57 bits per heavy atom. The highest BCUT2D eigenvalue weighted by atomic mass is 35.5. The summed E-state index contributed by atoms with van der Waals surface area (Å²) in [5.74, 6) is 0.0154. The zero-order valence-electron chi connectivity index (χ0n) is 16.6. The van der Waals surface area contributed by atoms with Crippen LogP contribution in [-0.4, -0.2) is 47.8 Å². The van der Waals surface area contributed by atoms with Crippen LogP contribution in [0.1, 0.15) is 37.8 Å². The van der Waals surface area contributed by atoms with Crippen molar-refractivity contribution in [2.75, 3.05) is 25.0 Å². The number of anilines is 1. The molecule has 0 bridgehead atoms. The van der Waals surface area contributed by atoms with E-state index in [1.165, 1.54) is 5.69 Å². The lowest BCUT2D eigenvalue weighted by Gasteiger charge is -2.38. The number of carbonyl (C=O) groups is 2. The smallest absolute Gasteiger partial charge is 0.227 e. The molecule has 3 heterocycles. The second-order valence-electron chi connectivity index (χ2n) is 7.89. The van der Waals surface area contributed by atoms with Crippen molar-refractivity contribution in [1.29, 1.82) is 0 Å². The predicted molar refractivity (Wildman–Crippen MR) is 112 cm³/mol. The molecule has 152 valence electrons. The number of aromatic nitrogens is 2. The van der Waals surface area contributed by atoms with Gasteiger partial charge in [0.15, 0.2) is 0 Å². The molecule has 2 amide bonds. The van der Waals surface area contributed by atoms with Gasteiger partial charge in [0.1, 0.15) is 0 Å². The van der Waals surface area contributed by atoms with Gasteiger partial charge in [-0.05, 0) is 37.6 Å². The van der Waals surface area contributed by atoms with Crippen molar-refractivity contribution in [2.45, 2.75) is 38.1 Å². The van der Waals surface area contributed by atoms with Crippen molar-refractivity contribution in [3.63, 3.8) is 0 Å². The number of hydrogen-bond donors (Lipinski definition) is 2. The third kappa shape index (κ3) is 3.73. The van der Waals surface area contributed by atoms with Crippen LogP contribution in [0.2, 0.25) is 0 Å². The first-order valence-corrected chi connectivity index (χ1v) is 9.67. The van der Waals surface area contributed by atoms with Gasteiger partial charge < -0.3 is 10.2 Å². The summed E-state index contributed by atoms with van der Waals surface area (Å²) in [6.45, 7) is 4.35. The van der Waals surface area contributed by atoms with Crippen LogP contribution in [0.3, 0.4) is 0 Å². The summed E-state index contributed by atoms with van der Waals surface area (Å²) >= 11 is 0. The van der Waals surface area contributed by atoms with E-state index >= 15 is 0 Å². The van der Waals surface area contributed by atoms with Crippen molar-refractivity contribution in [2.24, 2.45) is 13.0 Å². The topological polar surface area (TPSA) is 79.3 Å². The summed E-state index contributed by atoms with van der Waals surface area (Å²) in [6, 6.07) is 7.00. The van der Waals surface area contributed by atoms with Crippen molar-refractivity contribution < 1.29 is 9.59 Å². The zero-order chi connectivity index (χ0) is 19.1. The molecule has 0 aliphatic carbocycles. The molecular weight excluding hydrogens is 378 g/mol. The number of amides is 2. The molecule has 2 aromatic rings. The average Bonchev–Trinajstić information content (AvgIpc) is 2.97. The van der Waals surface area contributed by atoms with Crippen molar-refractivity contribution in [3.05, 3.63) is 23.9 Å². The van der Waals surface area contributed by atoms with Crippen LogP contribution in [0, 0.1) is 5.92 Å². The number of aryl methyl sites for hydroxylation is 1. The predicted octanol–water partition coefficient (Wildman–Crippen LogP) is 1.95. The normalized spacial score (nSPS) is 23.6. The lowest BCUT2D eigenvalue weighted by molar-refractivity contribution is -0.133. The van der Waals surface area contributed by atoms with Crippen molar-refractivity contribution >= 4 is 40.8 Å². The molecule has 2 atom stereocenters. The summed E-state index contributed by atoms with van der Waals surface area (Å²) in [4.78, 5) is 26.0. The molecule has 4 rings (SSSR count). The molecule has 1 aromatic heterocycles. The van der Waals surface area contributed by atoms with E-state index in [1.54, 1.807) is 0 Å². The molecule has 2 aliphatic heterocycles. The maximum Gasteiger partial charge on any atom is 0.227 e. The molecule has 7 nitrogen and oxygen atoms in total. The SMILES string of the molecule is CN[C@@H]1CCN(c2ccc3c(C4CC(=O)NC(=O)C4)nn(C)c3c2)C[C@H]1C.Cl. The van der Waals surface area contributed by atoms with Gasteiger partial charge in [-0.25, -0.2) is 0 Å². The van der Waals surface area contributed by atoms with Gasteiger partial charge in [0, 0.05) is 56.0 Å². The Kier molecular flexibility index (Phi) is 5.95. The second kappa shape index (κ2) is 8.09. The van der Waals surface area contributed by atoms with Crippen LogP contribution in [-0.2, 0) is 16.6 Å². The molecular formula is C20H28ClN5O2. The molecule has 0 spiro atoms. The number of hydrogen-bond acceptors (Lipinski definition) is 5.